The number of anilines is 1. The summed E-state index contributed by atoms with van der Waals surface area (Å²) >= 11 is 0. The molecule has 2 fully saturated rings. The van der Waals surface area contributed by atoms with E-state index in [0.717, 1.165) is 19.4 Å². The number of likely N-dealkylation sites (tertiary alicyclic amines) is 1. The third kappa shape index (κ3) is 2.76. The number of phenols is 1. The number of aromatic hydroxyl groups is 1. The molecule has 2 aromatic carbocycles. The van der Waals surface area contributed by atoms with Crippen LogP contribution in [0.4, 0.5) is 10.5 Å². The number of urea groups is 1. The Labute approximate surface area is 183 Å². The quantitative estimate of drug-likeness (QED) is 0.800. The van der Waals surface area contributed by atoms with Crippen molar-refractivity contribution in [2.45, 2.75) is 44.2 Å². The van der Waals surface area contributed by atoms with Crippen molar-refractivity contribution >= 4 is 11.7 Å². The van der Waals surface area contributed by atoms with Crippen molar-refractivity contribution in [3.8, 4) is 11.8 Å². The lowest BCUT2D eigenvalue weighted by atomic mass is 9.63. The van der Waals surface area contributed by atoms with Crippen molar-refractivity contribution in [1.82, 2.24) is 9.80 Å². The van der Waals surface area contributed by atoms with Crippen LogP contribution in [-0.2, 0) is 11.8 Å². The summed E-state index contributed by atoms with van der Waals surface area (Å²) in [5, 5.41) is 22.3. The number of likely N-dealkylation sites (N-methyl/N-ethyl adjacent to an activating group) is 2. The molecule has 1 heterocycles. The van der Waals surface area contributed by atoms with E-state index in [4.69, 9.17) is 5.26 Å². The van der Waals surface area contributed by atoms with Gasteiger partial charge in [-0.25, -0.2) is 4.79 Å². The van der Waals surface area contributed by atoms with Crippen molar-refractivity contribution in [2.75, 3.05) is 25.5 Å². The van der Waals surface area contributed by atoms with Gasteiger partial charge in [-0.15, -0.1) is 0 Å². The maximum absolute atomic E-state index is 13.5. The molecule has 4 atom stereocenters. The molecule has 1 aliphatic heterocycles. The van der Waals surface area contributed by atoms with Gasteiger partial charge in [0, 0.05) is 35.6 Å². The van der Waals surface area contributed by atoms with Gasteiger partial charge in [-0.05, 0) is 74.3 Å². The van der Waals surface area contributed by atoms with Crippen LogP contribution in [0.1, 0.15) is 37.0 Å². The van der Waals surface area contributed by atoms with Crippen LogP contribution in [-0.4, -0.2) is 53.2 Å². The Morgan fingerprint density at radius 3 is 2.71 bits per heavy atom. The third-order valence-corrected chi connectivity index (χ3v) is 7.79. The van der Waals surface area contributed by atoms with E-state index in [2.05, 4.69) is 36.3 Å². The molecule has 1 spiro atoms. The van der Waals surface area contributed by atoms with Gasteiger partial charge in [0.25, 0.3) is 0 Å². The second kappa shape index (κ2) is 6.73. The first-order valence-electron chi connectivity index (χ1n) is 10.9. The van der Waals surface area contributed by atoms with Gasteiger partial charge in [-0.2, -0.15) is 5.26 Å². The van der Waals surface area contributed by atoms with Gasteiger partial charge in [0.1, 0.15) is 5.75 Å². The molecule has 160 valence electrons. The highest BCUT2D eigenvalue weighted by Crippen LogP contribution is 2.64. The van der Waals surface area contributed by atoms with Crippen LogP contribution in [0.2, 0.25) is 0 Å². The van der Waals surface area contributed by atoms with Crippen LogP contribution >= 0.6 is 0 Å². The predicted octanol–water partition coefficient (Wildman–Crippen LogP) is 3.70. The lowest BCUT2D eigenvalue weighted by Gasteiger charge is -2.55. The summed E-state index contributed by atoms with van der Waals surface area (Å²) in [6.45, 7) is 5.93. The number of phenolic OH excluding ortho intramolecular Hbond substituents is 1. The molecule has 2 bridgehead atoms. The van der Waals surface area contributed by atoms with Crippen molar-refractivity contribution in [2.24, 2.45) is 5.41 Å². The second-order valence-electron chi connectivity index (χ2n) is 9.68. The van der Waals surface area contributed by atoms with Crippen molar-refractivity contribution in [3.05, 3.63) is 59.2 Å². The van der Waals surface area contributed by atoms with Gasteiger partial charge in [-0.3, -0.25) is 0 Å². The summed E-state index contributed by atoms with van der Waals surface area (Å²) in [5.74, 6) is 0.285. The molecule has 6 nitrogen and oxygen atoms in total. The van der Waals surface area contributed by atoms with E-state index in [9.17, 15) is 9.90 Å². The smallest absolute Gasteiger partial charge is 0.322 e. The fourth-order valence-corrected chi connectivity index (χ4v) is 6.88. The number of nitrogens with one attached hydrogen (secondary N) is 1. The van der Waals surface area contributed by atoms with Gasteiger partial charge >= 0.3 is 6.03 Å². The van der Waals surface area contributed by atoms with Crippen LogP contribution in [0, 0.1) is 16.7 Å². The summed E-state index contributed by atoms with van der Waals surface area (Å²) in [6.07, 6.45) is 2.02. The fraction of sp³-hybridized carbons (Fsp3) is 0.440. The van der Waals surface area contributed by atoms with Crippen molar-refractivity contribution in [3.63, 3.8) is 0 Å². The molecule has 2 amide bonds. The number of rotatable bonds is 3. The SMILES string of the molecule is CCN(C(=O)Nc1ccc(C#N)cc1)[C@H]1C2N(C)CC23Cc2ccc(O)cc2[C@@]1(C)C3. The Morgan fingerprint density at radius 1 is 1.32 bits per heavy atom. The molecule has 0 radical (unpaired) electrons. The van der Waals surface area contributed by atoms with Crippen molar-refractivity contribution < 1.29 is 9.90 Å². The zero-order valence-corrected chi connectivity index (χ0v) is 18.2. The molecule has 2 aromatic rings. The predicted molar refractivity (Wildman–Crippen MR) is 119 cm³/mol. The average molecular weight is 417 g/mol. The zero-order chi connectivity index (χ0) is 22.0. The van der Waals surface area contributed by atoms with Gasteiger partial charge in [-0.1, -0.05) is 13.0 Å². The Bertz CT molecular complexity index is 1090. The van der Waals surface area contributed by atoms with E-state index >= 15 is 0 Å². The number of nitrogens with zero attached hydrogens (tertiary/aromatic N) is 3. The first-order valence-corrected chi connectivity index (χ1v) is 10.9. The van der Waals surface area contributed by atoms with Crippen molar-refractivity contribution in [1.29, 1.82) is 5.26 Å². The maximum Gasteiger partial charge on any atom is 0.322 e. The molecule has 6 heteroatoms. The fourth-order valence-electron chi connectivity index (χ4n) is 6.88. The van der Waals surface area contributed by atoms with E-state index < -0.39 is 0 Å². The van der Waals surface area contributed by atoms with Crippen LogP contribution < -0.4 is 5.32 Å². The minimum absolute atomic E-state index is 0.0117. The first-order chi connectivity index (χ1) is 14.8. The van der Waals surface area contributed by atoms with E-state index in [1.165, 1.54) is 11.1 Å². The maximum atomic E-state index is 13.5. The lowest BCUT2D eigenvalue weighted by molar-refractivity contribution is -0.0543. The molecule has 3 aliphatic rings. The molecule has 1 saturated carbocycles. The standard InChI is InChI=1S/C25H28N4O2/c1-4-29(23(31)27-18-8-5-16(13-26)6-9-18)21-22-25(15-28(22)3)12-17-7-10-19(30)11-20(17)24(21,2)14-25/h5-11,21-22,30H,4,12,14-15H2,1-3H3,(H,27,31)/t21-,22?,24+,25?/m0/s1. The molecule has 1 saturated heterocycles. The minimum Gasteiger partial charge on any atom is -0.508 e. The summed E-state index contributed by atoms with van der Waals surface area (Å²) in [4.78, 5) is 17.8. The molecule has 2 N–H and O–H groups in total. The number of fused-ring (bicyclic) bond motifs is 3. The number of benzene rings is 2. The van der Waals surface area contributed by atoms with E-state index in [0.29, 0.717) is 23.8 Å². The molecule has 2 aliphatic carbocycles. The summed E-state index contributed by atoms with van der Waals surface area (Å²) in [6, 6.07) is 15.0. The highest BCUT2D eigenvalue weighted by atomic mass is 16.3. The molecule has 31 heavy (non-hydrogen) atoms. The Kier molecular flexibility index (Phi) is 4.32. The number of carbonyl (C=O) groups excluding carboxylic acids is 1. The van der Waals surface area contributed by atoms with E-state index in [-0.39, 0.29) is 28.7 Å². The Morgan fingerprint density at radius 2 is 2.06 bits per heavy atom. The molecular weight excluding hydrogens is 388 g/mol. The summed E-state index contributed by atoms with van der Waals surface area (Å²) < 4.78 is 0. The number of nitriles is 1. The zero-order valence-electron chi connectivity index (χ0n) is 18.2. The molecule has 2 unspecified atom stereocenters. The number of hydrogen-bond donors (Lipinski definition) is 2. The average Bonchev–Trinajstić information content (AvgIpc) is 2.91. The topological polar surface area (TPSA) is 79.6 Å². The normalized spacial score (nSPS) is 30.5. The third-order valence-electron chi connectivity index (χ3n) is 7.79. The summed E-state index contributed by atoms with van der Waals surface area (Å²) in [5.41, 5.74) is 3.69. The van der Waals surface area contributed by atoms with Crippen LogP contribution in [0.15, 0.2) is 42.5 Å². The van der Waals surface area contributed by atoms with Gasteiger partial charge < -0.3 is 20.2 Å². The van der Waals surface area contributed by atoms with Crippen LogP contribution in [0.25, 0.3) is 0 Å². The van der Waals surface area contributed by atoms with Gasteiger partial charge in [0.2, 0.25) is 0 Å². The Hall–Kier alpha value is -3.04. The lowest BCUT2D eigenvalue weighted by Crippen LogP contribution is -2.67. The molecule has 5 rings (SSSR count). The second-order valence-corrected chi connectivity index (χ2v) is 9.68. The van der Waals surface area contributed by atoms with E-state index in [1.54, 1.807) is 30.3 Å². The van der Waals surface area contributed by atoms with Gasteiger partial charge in [0.15, 0.2) is 0 Å². The number of hydrogen-bond acceptors (Lipinski definition) is 4. The largest absolute Gasteiger partial charge is 0.508 e. The first kappa shape index (κ1) is 19.9. The Balaban J connectivity index is 1.52. The summed E-state index contributed by atoms with van der Waals surface area (Å²) in [7, 11) is 2.15. The molecular formula is C25H28N4O2. The van der Waals surface area contributed by atoms with Crippen LogP contribution in [0.5, 0.6) is 5.75 Å². The molecule has 0 aromatic heterocycles. The van der Waals surface area contributed by atoms with Gasteiger partial charge in [0.05, 0.1) is 17.7 Å². The minimum atomic E-state index is -0.222. The number of carbonyl (C=O) groups is 1. The monoisotopic (exact) mass is 416 g/mol. The van der Waals surface area contributed by atoms with Crippen LogP contribution in [0.3, 0.4) is 0 Å². The van der Waals surface area contributed by atoms with E-state index in [1.807, 2.05) is 17.9 Å². The highest BCUT2D eigenvalue weighted by Gasteiger charge is 2.70. The number of amides is 2. The highest BCUT2D eigenvalue weighted by molar-refractivity contribution is 5.90.